The molecule has 0 saturated heterocycles. The molecule has 0 heterocycles. The zero-order valence-corrected chi connectivity index (χ0v) is 21.9. The summed E-state index contributed by atoms with van der Waals surface area (Å²) in [6, 6.07) is 7.95. The first kappa shape index (κ1) is 30.6. The van der Waals surface area contributed by atoms with Crippen LogP contribution in [0.3, 0.4) is 0 Å². The molecule has 0 fully saturated rings. The molecule has 0 aromatic heterocycles. The van der Waals surface area contributed by atoms with Gasteiger partial charge in [-0.1, -0.05) is 31.6 Å². The van der Waals surface area contributed by atoms with Crippen LogP contribution in [0.25, 0.3) is 11.1 Å². The molecular formula is C32H21F9O. The number of alkyl halides is 2. The van der Waals surface area contributed by atoms with Gasteiger partial charge in [0.2, 0.25) is 0 Å². The zero-order chi connectivity index (χ0) is 30.6. The molecule has 0 aliphatic heterocycles. The summed E-state index contributed by atoms with van der Waals surface area (Å²) in [5.74, 6) is -6.01. The van der Waals surface area contributed by atoms with E-state index in [9.17, 15) is 39.5 Å². The summed E-state index contributed by atoms with van der Waals surface area (Å²) in [4.78, 5) is 0. The van der Waals surface area contributed by atoms with E-state index in [1.165, 1.54) is 12.1 Å². The molecule has 218 valence electrons. The Labute approximate surface area is 235 Å². The smallest absolute Gasteiger partial charge is 0.426 e. The third-order valence-electron chi connectivity index (χ3n) is 6.26. The molecule has 4 aromatic rings. The number of halogens is 9. The molecule has 0 amide bonds. The van der Waals surface area contributed by atoms with Gasteiger partial charge in [-0.15, -0.1) is 0 Å². The van der Waals surface area contributed by atoms with Gasteiger partial charge < -0.3 is 4.74 Å². The van der Waals surface area contributed by atoms with Gasteiger partial charge in [0.25, 0.3) is 0 Å². The van der Waals surface area contributed by atoms with Gasteiger partial charge in [-0.25, -0.2) is 30.7 Å². The fraction of sp³-hybridized carbons (Fsp3) is 0.188. The molecule has 0 aliphatic rings. The third kappa shape index (κ3) is 6.90. The van der Waals surface area contributed by atoms with Crippen molar-refractivity contribution in [1.82, 2.24) is 0 Å². The van der Waals surface area contributed by atoms with Crippen LogP contribution in [0.15, 0.2) is 60.7 Å². The minimum Gasteiger partial charge on any atom is -0.429 e. The highest BCUT2D eigenvalue weighted by Crippen LogP contribution is 2.36. The van der Waals surface area contributed by atoms with Crippen molar-refractivity contribution in [2.75, 3.05) is 0 Å². The van der Waals surface area contributed by atoms with Crippen LogP contribution in [0, 0.1) is 52.6 Å². The lowest BCUT2D eigenvalue weighted by Crippen LogP contribution is -2.22. The maximum absolute atomic E-state index is 14.8. The Balaban J connectivity index is 1.51. The lowest BCUT2D eigenvalue weighted by Gasteiger charge is -2.19. The quantitative estimate of drug-likeness (QED) is 0.0857. The van der Waals surface area contributed by atoms with Crippen molar-refractivity contribution in [3.63, 3.8) is 0 Å². The van der Waals surface area contributed by atoms with Crippen LogP contribution in [0.2, 0.25) is 0 Å². The van der Waals surface area contributed by atoms with E-state index in [1.54, 1.807) is 0 Å². The van der Waals surface area contributed by atoms with Crippen LogP contribution >= 0.6 is 0 Å². The van der Waals surface area contributed by atoms with Crippen molar-refractivity contribution in [1.29, 1.82) is 0 Å². The predicted molar refractivity (Wildman–Crippen MR) is 138 cm³/mol. The van der Waals surface area contributed by atoms with Crippen LogP contribution < -0.4 is 4.74 Å². The lowest BCUT2D eigenvalue weighted by atomic mass is 10.0. The van der Waals surface area contributed by atoms with E-state index in [0.717, 1.165) is 43.5 Å². The summed E-state index contributed by atoms with van der Waals surface area (Å²) in [7, 11) is 0. The third-order valence-corrected chi connectivity index (χ3v) is 6.26. The first-order valence-corrected chi connectivity index (χ1v) is 12.7. The highest BCUT2D eigenvalue weighted by molar-refractivity contribution is 5.66. The minimum atomic E-state index is -4.10. The predicted octanol–water partition coefficient (Wildman–Crippen LogP) is 9.59. The monoisotopic (exact) mass is 592 g/mol. The van der Waals surface area contributed by atoms with Gasteiger partial charge in [0, 0.05) is 17.7 Å². The van der Waals surface area contributed by atoms with Gasteiger partial charge in [-0.2, -0.15) is 8.78 Å². The largest absolute Gasteiger partial charge is 0.429 e. The zero-order valence-electron chi connectivity index (χ0n) is 21.9. The molecule has 0 bridgehead atoms. The topological polar surface area (TPSA) is 9.23 Å². The fourth-order valence-electron chi connectivity index (χ4n) is 4.14. The van der Waals surface area contributed by atoms with Gasteiger partial charge >= 0.3 is 6.11 Å². The fourth-order valence-corrected chi connectivity index (χ4v) is 4.14. The van der Waals surface area contributed by atoms with Gasteiger partial charge in [0.15, 0.2) is 17.5 Å². The van der Waals surface area contributed by atoms with Crippen molar-refractivity contribution < 1.29 is 44.3 Å². The molecule has 0 unspecified atom stereocenters. The SMILES string of the molecule is CCCCCc1cc(F)c(C#Cc2ccc(C(F)(F)Oc3cc(F)c(-c4cc(F)c(F)c(F)c4)c(F)c3)cc2)c(F)c1. The number of hydrogen-bond acceptors (Lipinski definition) is 1. The number of hydrogen-bond donors (Lipinski definition) is 0. The van der Waals surface area contributed by atoms with Crippen LogP contribution in [0.1, 0.15) is 48.4 Å². The molecule has 0 atom stereocenters. The Bertz CT molecular complexity index is 1600. The summed E-state index contributed by atoms with van der Waals surface area (Å²) in [5, 5.41) is 0. The van der Waals surface area contributed by atoms with Crippen molar-refractivity contribution in [3.05, 3.63) is 124 Å². The van der Waals surface area contributed by atoms with Crippen LogP contribution in [0.4, 0.5) is 39.5 Å². The average Bonchev–Trinajstić information content (AvgIpc) is 2.91. The average molecular weight is 593 g/mol. The van der Waals surface area contributed by atoms with E-state index >= 15 is 0 Å². The molecule has 0 N–H and O–H groups in total. The molecule has 42 heavy (non-hydrogen) atoms. The van der Waals surface area contributed by atoms with Gasteiger partial charge in [0.1, 0.15) is 29.0 Å². The van der Waals surface area contributed by atoms with Crippen molar-refractivity contribution >= 4 is 0 Å². The summed E-state index contributed by atoms with van der Waals surface area (Å²) in [6.45, 7) is 2.01. The summed E-state index contributed by atoms with van der Waals surface area (Å²) in [5.41, 5.74) is -2.24. The second-order valence-corrected chi connectivity index (χ2v) is 9.35. The van der Waals surface area contributed by atoms with Gasteiger partial charge in [-0.3, -0.25) is 0 Å². The number of benzene rings is 4. The maximum Gasteiger partial charge on any atom is 0.426 e. The first-order valence-electron chi connectivity index (χ1n) is 12.7. The minimum absolute atomic E-state index is 0.139. The second kappa shape index (κ2) is 12.6. The molecule has 0 radical (unpaired) electrons. The maximum atomic E-state index is 14.8. The highest BCUT2D eigenvalue weighted by atomic mass is 19.3. The normalized spacial score (nSPS) is 11.3. The lowest BCUT2D eigenvalue weighted by molar-refractivity contribution is -0.185. The van der Waals surface area contributed by atoms with E-state index in [0.29, 0.717) is 36.2 Å². The van der Waals surface area contributed by atoms with E-state index < -0.39 is 74.8 Å². The highest BCUT2D eigenvalue weighted by Gasteiger charge is 2.35. The molecule has 10 heteroatoms. The number of aryl methyl sites for hydroxylation is 1. The van der Waals surface area contributed by atoms with Crippen LogP contribution in [0.5, 0.6) is 5.75 Å². The first-order chi connectivity index (χ1) is 19.9. The Morgan fingerprint density at radius 2 is 1.24 bits per heavy atom. The molecule has 0 spiro atoms. The molecule has 1 nitrogen and oxygen atoms in total. The molecular weight excluding hydrogens is 571 g/mol. The van der Waals surface area contributed by atoms with Crippen LogP contribution in [-0.4, -0.2) is 0 Å². The van der Waals surface area contributed by atoms with Gasteiger partial charge in [-0.05, 0) is 72.5 Å². The van der Waals surface area contributed by atoms with Crippen molar-refractivity contribution in [3.8, 4) is 28.7 Å². The van der Waals surface area contributed by atoms with E-state index in [2.05, 4.69) is 16.6 Å². The van der Waals surface area contributed by atoms with E-state index in [4.69, 9.17) is 0 Å². The van der Waals surface area contributed by atoms with E-state index in [1.807, 2.05) is 6.92 Å². The summed E-state index contributed by atoms with van der Waals surface area (Å²) in [6.07, 6.45) is -0.917. The molecule has 0 aliphatic carbocycles. The van der Waals surface area contributed by atoms with Crippen molar-refractivity contribution in [2.24, 2.45) is 0 Å². The standard InChI is InChI=1S/C32H21F9O/c1-2-3-4-5-19-12-24(33)23(25(34)13-19)11-8-18-6-9-21(10-7-18)32(40,41)42-22-16-26(35)30(27(36)17-22)20-14-28(37)31(39)29(38)15-20/h6-7,9-10,12-17H,2-5H2,1H3. The van der Waals surface area contributed by atoms with E-state index in [-0.39, 0.29) is 5.56 Å². The summed E-state index contributed by atoms with van der Waals surface area (Å²) < 4.78 is 132. The molecule has 0 saturated carbocycles. The molecule has 4 rings (SSSR count). The number of ether oxygens (including phenoxy) is 1. The number of unbranched alkanes of at least 4 members (excludes halogenated alkanes) is 2. The van der Waals surface area contributed by atoms with Crippen molar-refractivity contribution in [2.45, 2.75) is 38.7 Å². The Kier molecular flexibility index (Phi) is 9.20. The Morgan fingerprint density at radius 1 is 0.667 bits per heavy atom. The second-order valence-electron chi connectivity index (χ2n) is 9.35. The Morgan fingerprint density at radius 3 is 1.79 bits per heavy atom. The summed E-state index contributed by atoms with van der Waals surface area (Å²) >= 11 is 0. The molecule has 4 aromatic carbocycles. The van der Waals surface area contributed by atoms with Crippen LogP contribution in [-0.2, 0) is 12.5 Å². The Hall–Kier alpha value is -4.39. The number of rotatable bonds is 8. The van der Waals surface area contributed by atoms with Gasteiger partial charge in [0.05, 0.1) is 16.7 Å².